The van der Waals surface area contributed by atoms with Crippen molar-refractivity contribution in [3.05, 3.63) is 72.8 Å². The van der Waals surface area contributed by atoms with Crippen LogP contribution in [0.2, 0.25) is 0 Å². The minimum absolute atomic E-state index is 0.0373. The number of alkyl halides is 4. The summed E-state index contributed by atoms with van der Waals surface area (Å²) in [6, 6.07) is 10.4. The Bertz CT molecular complexity index is 849. The Morgan fingerprint density at radius 1 is 0.960 bits per heavy atom. The minimum Gasteiger partial charge on any atom is -0.374 e. The molecule has 1 atom stereocenters. The van der Waals surface area contributed by atoms with E-state index in [1.165, 1.54) is 24.3 Å². The molecule has 0 heterocycles. The molecule has 0 aliphatic rings. The highest BCUT2D eigenvalue weighted by molar-refractivity contribution is 7.91. The Morgan fingerprint density at radius 2 is 1.44 bits per heavy atom. The first-order chi connectivity index (χ1) is 11.6. The van der Waals surface area contributed by atoms with Gasteiger partial charge >= 0.3 is 5.92 Å². The Morgan fingerprint density at radius 3 is 1.88 bits per heavy atom. The molecule has 2 aromatic rings. The van der Waals surface area contributed by atoms with Crippen LogP contribution in [0.5, 0.6) is 0 Å². The van der Waals surface area contributed by atoms with E-state index >= 15 is 0 Å². The van der Waals surface area contributed by atoms with Crippen LogP contribution in [0, 0.1) is 0 Å². The van der Waals surface area contributed by atoms with Crippen molar-refractivity contribution in [1.82, 2.24) is 0 Å². The monoisotopic (exact) mass is 374 g/mol. The van der Waals surface area contributed by atoms with Gasteiger partial charge in [0.1, 0.15) is 0 Å². The summed E-state index contributed by atoms with van der Waals surface area (Å²) in [5, 5.41) is 9.55. The molecule has 0 aliphatic carbocycles. The molecule has 1 unspecified atom stereocenters. The van der Waals surface area contributed by atoms with E-state index < -0.39 is 33.3 Å². The van der Waals surface area contributed by atoms with E-state index in [4.69, 9.17) is 0 Å². The number of hydrogen-bond donors (Lipinski definition) is 1. The minimum atomic E-state index is -4.36. The lowest BCUT2D eigenvalue weighted by Gasteiger charge is -2.32. The molecule has 1 N–H and O–H groups in total. The van der Waals surface area contributed by atoms with Crippen molar-refractivity contribution in [2.45, 2.75) is 27.7 Å². The van der Waals surface area contributed by atoms with Gasteiger partial charge in [-0.05, 0) is 30.3 Å². The van der Waals surface area contributed by atoms with E-state index in [2.05, 4.69) is 6.58 Å². The van der Waals surface area contributed by atoms with E-state index in [1.54, 1.807) is 6.07 Å². The molecular formula is C17H14F4O3S. The van der Waals surface area contributed by atoms with Gasteiger partial charge in [-0.2, -0.15) is 8.78 Å². The highest BCUT2D eigenvalue weighted by Gasteiger charge is 2.58. The van der Waals surface area contributed by atoms with Gasteiger partial charge in [-0.3, -0.25) is 0 Å². The normalized spacial score (nSPS) is 15.0. The van der Waals surface area contributed by atoms with Gasteiger partial charge in [0, 0.05) is 5.56 Å². The smallest absolute Gasteiger partial charge is 0.310 e. The molecule has 2 aromatic carbocycles. The van der Waals surface area contributed by atoms with Gasteiger partial charge in [-0.1, -0.05) is 36.9 Å². The molecule has 3 nitrogen and oxygen atoms in total. The highest BCUT2D eigenvalue weighted by atomic mass is 32.2. The van der Waals surface area contributed by atoms with Crippen molar-refractivity contribution in [3.8, 4) is 0 Å². The summed E-state index contributed by atoms with van der Waals surface area (Å²) < 4.78 is 79.0. The van der Waals surface area contributed by atoms with Crippen molar-refractivity contribution in [2.75, 3.05) is 0 Å². The average Bonchev–Trinajstić information content (AvgIpc) is 2.61. The van der Waals surface area contributed by atoms with Gasteiger partial charge in [0.2, 0.25) is 15.4 Å². The molecule has 0 amide bonds. The number of hydrogen-bond acceptors (Lipinski definition) is 3. The fourth-order valence-electron chi connectivity index (χ4n) is 2.16. The molecule has 0 saturated carbocycles. The molecule has 0 bridgehead atoms. The van der Waals surface area contributed by atoms with Crippen LogP contribution in [0.1, 0.15) is 5.56 Å². The van der Waals surface area contributed by atoms with Crippen molar-refractivity contribution < 1.29 is 31.1 Å². The van der Waals surface area contributed by atoms with E-state index in [0.717, 1.165) is 12.1 Å². The molecule has 0 fully saturated rings. The summed E-state index contributed by atoms with van der Waals surface area (Å²) in [5.74, 6) is -4.36. The lowest BCUT2D eigenvalue weighted by molar-refractivity contribution is -0.216. The number of halogens is 4. The van der Waals surface area contributed by atoms with Crippen LogP contribution >= 0.6 is 0 Å². The van der Waals surface area contributed by atoms with Crippen LogP contribution in [-0.4, -0.2) is 25.6 Å². The molecular weight excluding hydrogens is 360 g/mol. The van der Waals surface area contributed by atoms with Crippen LogP contribution in [0.15, 0.2) is 77.0 Å². The zero-order valence-corrected chi connectivity index (χ0v) is 13.6. The van der Waals surface area contributed by atoms with Gasteiger partial charge in [0.05, 0.1) is 9.79 Å². The second-order valence-corrected chi connectivity index (χ2v) is 7.20. The van der Waals surface area contributed by atoms with Crippen molar-refractivity contribution in [1.29, 1.82) is 0 Å². The first-order valence-electron chi connectivity index (χ1n) is 7.00. The average molecular weight is 374 g/mol. The van der Waals surface area contributed by atoms with Crippen molar-refractivity contribution in [2.24, 2.45) is 0 Å². The van der Waals surface area contributed by atoms with Crippen LogP contribution in [-0.2, 0) is 15.8 Å². The first-order valence-corrected chi connectivity index (χ1v) is 8.48. The van der Waals surface area contributed by atoms with E-state index in [1.807, 2.05) is 0 Å². The van der Waals surface area contributed by atoms with Crippen molar-refractivity contribution >= 4 is 9.84 Å². The standard InChI is InChI=1S/C17H14F4O3S/c1-2-16(22,15(18)19)17(20,21)12-8-10-14(11-9-12)25(23,24)13-6-4-3-5-7-13/h2-11,15,22H,1H2. The number of aliphatic hydroxyl groups is 1. The van der Waals surface area contributed by atoms with E-state index in [9.17, 15) is 31.1 Å². The highest BCUT2D eigenvalue weighted by Crippen LogP contribution is 2.43. The fraction of sp³-hybridized carbons (Fsp3) is 0.176. The summed E-state index contributed by atoms with van der Waals surface area (Å²) in [5.41, 5.74) is -4.73. The van der Waals surface area contributed by atoms with Gasteiger partial charge in [-0.25, -0.2) is 17.2 Å². The first kappa shape index (κ1) is 19.1. The zero-order valence-electron chi connectivity index (χ0n) is 12.7. The second-order valence-electron chi connectivity index (χ2n) is 5.25. The van der Waals surface area contributed by atoms with Gasteiger partial charge in [-0.15, -0.1) is 0 Å². The third-order valence-electron chi connectivity index (χ3n) is 3.73. The summed E-state index contributed by atoms with van der Waals surface area (Å²) in [7, 11) is -3.93. The molecule has 0 spiro atoms. The Hall–Kier alpha value is -2.19. The lowest BCUT2D eigenvalue weighted by atomic mass is 9.90. The Labute approximate surface area is 142 Å². The van der Waals surface area contributed by atoms with Gasteiger partial charge < -0.3 is 5.11 Å². The summed E-state index contributed by atoms with van der Waals surface area (Å²) in [4.78, 5) is -0.317. The number of sulfone groups is 1. The van der Waals surface area contributed by atoms with Crippen LogP contribution < -0.4 is 0 Å². The number of benzene rings is 2. The van der Waals surface area contributed by atoms with Crippen LogP contribution in [0.25, 0.3) is 0 Å². The maximum absolute atomic E-state index is 14.3. The third kappa shape index (κ3) is 3.19. The maximum atomic E-state index is 14.3. The quantitative estimate of drug-likeness (QED) is 0.618. The Balaban J connectivity index is 2.45. The summed E-state index contributed by atoms with van der Waals surface area (Å²) >= 11 is 0. The predicted octanol–water partition coefficient (Wildman–Crippen LogP) is 3.79. The van der Waals surface area contributed by atoms with Crippen LogP contribution in [0.3, 0.4) is 0 Å². The largest absolute Gasteiger partial charge is 0.374 e. The maximum Gasteiger partial charge on any atom is 0.310 e. The zero-order chi connectivity index (χ0) is 18.9. The summed E-state index contributed by atoms with van der Waals surface area (Å²) in [6.45, 7) is 2.84. The Kier molecular flexibility index (Phi) is 5.06. The van der Waals surface area contributed by atoms with Gasteiger partial charge in [0.15, 0.2) is 0 Å². The van der Waals surface area contributed by atoms with E-state index in [0.29, 0.717) is 12.1 Å². The molecule has 8 heteroatoms. The molecule has 0 radical (unpaired) electrons. The molecule has 2 rings (SSSR count). The molecule has 25 heavy (non-hydrogen) atoms. The fourth-order valence-corrected chi connectivity index (χ4v) is 3.45. The summed E-state index contributed by atoms with van der Waals surface area (Å²) in [6.07, 6.45) is -3.71. The lowest BCUT2D eigenvalue weighted by Crippen LogP contribution is -2.50. The molecule has 0 aliphatic heterocycles. The number of rotatable bonds is 6. The molecule has 0 aromatic heterocycles. The molecule has 0 saturated heterocycles. The van der Waals surface area contributed by atoms with Crippen LogP contribution in [0.4, 0.5) is 17.6 Å². The topological polar surface area (TPSA) is 54.4 Å². The molecule has 134 valence electrons. The van der Waals surface area contributed by atoms with E-state index in [-0.39, 0.29) is 15.9 Å². The predicted molar refractivity (Wildman–Crippen MR) is 83.4 cm³/mol. The second kappa shape index (κ2) is 6.61. The van der Waals surface area contributed by atoms with Crippen molar-refractivity contribution in [3.63, 3.8) is 0 Å². The SMILES string of the molecule is C=CC(O)(C(F)F)C(F)(F)c1ccc(S(=O)(=O)c2ccccc2)cc1. The van der Waals surface area contributed by atoms with Gasteiger partial charge in [0.25, 0.3) is 6.43 Å². The third-order valence-corrected chi connectivity index (χ3v) is 5.51.